The molecule has 5 heteroatoms. The zero-order valence-corrected chi connectivity index (χ0v) is 10.5. The van der Waals surface area contributed by atoms with Crippen LogP contribution in [0.25, 0.3) is 0 Å². The molecule has 0 radical (unpaired) electrons. The summed E-state index contributed by atoms with van der Waals surface area (Å²) in [6.07, 6.45) is 3.95. The Morgan fingerprint density at radius 1 is 1.22 bits per heavy atom. The molecular formula is C13H20N2O3. The highest BCUT2D eigenvalue weighted by Crippen LogP contribution is 2.22. The van der Waals surface area contributed by atoms with Gasteiger partial charge in [0.1, 0.15) is 0 Å². The number of hydrogen-bond donors (Lipinski definition) is 2. The third kappa shape index (κ3) is 2.72. The maximum absolute atomic E-state index is 11.9. The van der Waals surface area contributed by atoms with Gasteiger partial charge in [-0.2, -0.15) is 0 Å². The zero-order chi connectivity index (χ0) is 13.1. The lowest BCUT2D eigenvalue weighted by Crippen LogP contribution is -2.53. The first-order valence-electron chi connectivity index (χ1n) is 6.51. The summed E-state index contributed by atoms with van der Waals surface area (Å²) in [6.45, 7) is 4.67. The van der Waals surface area contributed by atoms with E-state index in [2.05, 4.69) is 11.9 Å². The maximum atomic E-state index is 11.9. The van der Waals surface area contributed by atoms with Gasteiger partial charge in [0.05, 0.1) is 12.1 Å². The highest BCUT2D eigenvalue weighted by atomic mass is 16.3. The fourth-order valence-corrected chi connectivity index (χ4v) is 2.44. The minimum atomic E-state index is -0.378. The number of nitrogens with zero attached hydrogens (tertiary/aromatic N) is 1. The molecule has 1 aliphatic carbocycles. The number of amides is 2. The van der Waals surface area contributed by atoms with Crippen molar-refractivity contribution in [1.29, 1.82) is 0 Å². The molecule has 2 rings (SSSR count). The van der Waals surface area contributed by atoms with Crippen LogP contribution in [-0.4, -0.2) is 47.1 Å². The molecule has 2 amide bonds. The average molecular weight is 252 g/mol. The van der Waals surface area contributed by atoms with Gasteiger partial charge >= 0.3 is 0 Å². The lowest BCUT2D eigenvalue weighted by Gasteiger charge is -2.36. The molecule has 1 aliphatic heterocycles. The number of carbonyl (C=O) groups is 2. The Kier molecular flexibility index (Phi) is 4.01. The predicted molar refractivity (Wildman–Crippen MR) is 66.7 cm³/mol. The Hall–Kier alpha value is -1.36. The van der Waals surface area contributed by atoms with Gasteiger partial charge in [0.2, 0.25) is 11.8 Å². The van der Waals surface area contributed by atoms with E-state index >= 15 is 0 Å². The number of hydrogen-bond acceptors (Lipinski definition) is 3. The smallest absolute Gasteiger partial charge is 0.245 e. The molecule has 1 saturated heterocycles. The van der Waals surface area contributed by atoms with E-state index in [0.717, 1.165) is 12.8 Å². The third-order valence-electron chi connectivity index (χ3n) is 3.92. The van der Waals surface area contributed by atoms with E-state index < -0.39 is 0 Å². The Labute approximate surface area is 107 Å². The second kappa shape index (κ2) is 5.52. The predicted octanol–water partition coefficient (Wildman–Crippen LogP) is 0.0505. The van der Waals surface area contributed by atoms with Crippen LogP contribution in [0.4, 0.5) is 0 Å². The van der Waals surface area contributed by atoms with Crippen molar-refractivity contribution in [3.05, 3.63) is 12.7 Å². The molecule has 2 atom stereocenters. The first-order valence-corrected chi connectivity index (χ1v) is 6.51. The number of nitrogens with one attached hydrogen (secondary N) is 1. The van der Waals surface area contributed by atoms with Gasteiger partial charge in [-0.1, -0.05) is 6.58 Å². The van der Waals surface area contributed by atoms with Gasteiger partial charge in [-0.3, -0.25) is 9.59 Å². The highest BCUT2D eigenvalue weighted by molar-refractivity contribution is 5.87. The van der Waals surface area contributed by atoms with Crippen LogP contribution in [0.15, 0.2) is 12.7 Å². The summed E-state index contributed by atoms with van der Waals surface area (Å²) in [5.41, 5.74) is 0. The maximum Gasteiger partial charge on any atom is 0.245 e. The van der Waals surface area contributed by atoms with Crippen molar-refractivity contribution in [3.8, 4) is 0 Å². The SMILES string of the molecule is C=CC(=O)N1CCC(C(=O)N[C@@H]2CC[C@H]2O)CC1. The molecule has 0 spiro atoms. The largest absolute Gasteiger partial charge is 0.391 e. The second-order valence-electron chi connectivity index (χ2n) is 5.06. The zero-order valence-electron chi connectivity index (χ0n) is 10.5. The van der Waals surface area contributed by atoms with Crippen molar-refractivity contribution in [3.63, 3.8) is 0 Å². The molecule has 18 heavy (non-hydrogen) atoms. The van der Waals surface area contributed by atoms with Gasteiger partial charge in [0.25, 0.3) is 0 Å². The molecule has 0 bridgehead atoms. The summed E-state index contributed by atoms with van der Waals surface area (Å²) in [7, 11) is 0. The fraction of sp³-hybridized carbons (Fsp3) is 0.692. The van der Waals surface area contributed by atoms with Crippen LogP contribution >= 0.6 is 0 Å². The third-order valence-corrected chi connectivity index (χ3v) is 3.92. The first-order chi connectivity index (χ1) is 8.61. The van der Waals surface area contributed by atoms with Gasteiger partial charge in [0.15, 0.2) is 0 Å². The summed E-state index contributed by atoms with van der Waals surface area (Å²) in [5, 5.41) is 12.3. The van der Waals surface area contributed by atoms with Gasteiger partial charge in [-0.15, -0.1) is 0 Å². The molecular weight excluding hydrogens is 232 g/mol. The summed E-state index contributed by atoms with van der Waals surface area (Å²) in [5.74, 6) is -0.0839. The summed E-state index contributed by atoms with van der Waals surface area (Å²) in [4.78, 5) is 25.1. The normalized spacial score (nSPS) is 28.4. The van der Waals surface area contributed by atoms with Crippen molar-refractivity contribution in [2.75, 3.05) is 13.1 Å². The standard InChI is InChI=1S/C13H20N2O3/c1-2-12(17)15-7-5-9(6-8-15)13(18)14-10-3-4-11(10)16/h2,9-11,16H,1,3-8H2,(H,14,18)/t10-,11-/m1/s1. The van der Waals surface area contributed by atoms with Crippen molar-refractivity contribution in [2.24, 2.45) is 5.92 Å². The van der Waals surface area contributed by atoms with E-state index in [1.165, 1.54) is 6.08 Å². The number of aliphatic hydroxyl groups excluding tert-OH is 1. The molecule has 5 nitrogen and oxygen atoms in total. The first kappa shape index (κ1) is 13.1. The summed E-state index contributed by atoms with van der Waals surface area (Å²) in [6, 6.07) is -0.0645. The van der Waals surface area contributed by atoms with Crippen LogP contribution in [-0.2, 0) is 9.59 Å². The van der Waals surface area contributed by atoms with Crippen LogP contribution in [0.5, 0.6) is 0 Å². The summed E-state index contributed by atoms with van der Waals surface area (Å²) < 4.78 is 0. The average Bonchev–Trinajstić information content (AvgIpc) is 2.42. The van der Waals surface area contributed by atoms with E-state index in [-0.39, 0.29) is 29.9 Å². The van der Waals surface area contributed by atoms with Crippen molar-refractivity contribution < 1.29 is 14.7 Å². The second-order valence-corrected chi connectivity index (χ2v) is 5.06. The van der Waals surface area contributed by atoms with Gasteiger partial charge < -0.3 is 15.3 Å². The molecule has 1 saturated carbocycles. The molecule has 0 aromatic rings. The molecule has 2 fully saturated rings. The van der Waals surface area contributed by atoms with E-state index in [4.69, 9.17) is 0 Å². The number of likely N-dealkylation sites (tertiary alicyclic amines) is 1. The number of piperidine rings is 1. The fourth-order valence-electron chi connectivity index (χ4n) is 2.44. The van der Waals surface area contributed by atoms with Crippen LogP contribution in [0.2, 0.25) is 0 Å². The topological polar surface area (TPSA) is 69.6 Å². The van der Waals surface area contributed by atoms with Crippen LogP contribution < -0.4 is 5.32 Å². The Morgan fingerprint density at radius 3 is 2.33 bits per heavy atom. The molecule has 2 aliphatic rings. The van der Waals surface area contributed by atoms with Gasteiger partial charge in [-0.05, 0) is 31.8 Å². The molecule has 0 aromatic heterocycles. The van der Waals surface area contributed by atoms with E-state index in [1.807, 2.05) is 0 Å². The minimum Gasteiger partial charge on any atom is -0.391 e. The molecule has 0 unspecified atom stereocenters. The quantitative estimate of drug-likeness (QED) is 0.697. The van der Waals surface area contributed by atoms with Crippen molar-refractivity contribution in [2.45, 2.75) is 37.8 Å². The lowest BCUT2D eigenvalue weighted by molar-refractivity contribution is -0.133. The number of carbonyl (C=O) groups excluding carboxylic acids is 2. The van der Waals surface area contributed by atoms with Crippen LogP contribution in [0, 0.1) is 5.92 Å². The van der Waals surface area contributed by atoms with E-state index in [9.17, 15) is 14.7 Å². The molecule has 1 heterocycles. The highest BCUT2D eigenvalue weighted by Gasteiger charge is 2.33. The molecule has 100 valence electrons. The number of aliphatic hydroxyl groups is 1. The Balaban J connectivity index is 1.76. The van der Waals surface area contributed by atoms with Crippen LogP contribution in [0.1, 0.15) is 25.7 Å². The Morgan fingerprint density at radius 2 is 1.89 bits per heavy atom. The van der Waals surface area contributed by atoms with Gasteiger partial charge in [0, 0.05) is 19.0 Å². The summed E-state index contributed by atoms with van der Waals surface area (Å²) >= 11 is 0. The lowest BCUT2D eigenvalue weighted by atomic mass is 9.88. The van der Waals surface area contributed by atoms with E-state index in [0.29, 0.717) is 25.9 Å². The Bertz CT molecular complexity index is 348. The molecule has 0 aromatic carbocycles. The van der Waals surface area contributed by atoms with Gasteiger partial charge in [-0.25, -0.2) is 0 Å². The van der Waals surface area contributed by atoms with Crippen molar-refractivity contribution in [1.82, 2.24) is 10.2 Å². The van der Waals surface area contributed by atoms with Crippen LogP contribution in [0.3, 0.4) is 0 Å². The minimum absolute atomic E-state index is 0.0180. The van der Waals surface area contributed by atoms with Crippen molar-refractivity contribution >= 4 is 11.8 Å². The molecule has 2 N–H and O–H groups in total. The number of rotatable bonds is 3. The monoisotopic (exact) mass is 252 g/mol. The van der Waals surface area contributed by atoms with E-state index in [1.54, 1.807) is 4.90 Å².